The molecule has 3 aromatic rings. The molecular formula is C24H27ClN8O. The van der Waals surface area contributed by atoms with Gasteiger partial charge in [-0.15, -0.1) is 0 Å². The molecule has 10 heteroatoms. The van der Waals surface area contributed by atoms with E-state index in [2.05, 4.69) is 41.0 Å². The molecule has 34 heavy (non-hydrogen) atoms. The third kappa shape index (κ3) is 7.16. The second-order valence-corrected chi connectivity index (χ2v) is 8.10. The monoisotopic (exact) mass is 478 g/mol. The number of anilines is 3. The predicted octanol–water partition coefficient (Wildman–Crippen LogP) is 3.41. The van der Waals surface area contributed by atoms with Crippen molar-refractivity contribution in [2.75, 3.05) is 48.4 Å². The Balaban J connectivity index is 1.40. The highest BCUT2D eigenvalue weighted by Crippen LogP contribution is 2.15. The number of piperazine rings is 1. The minimum Gasteiger partial charge on any atom is -0.508 e. The van der Waals surface area contributed by atoms with Gasteiger partial charge in [-0.1, -0.05) is 41.9 Å². The number of phenolic OH excluding ortho intramolecular Hbond substituents is 1. The van der Waals surface area contributed by atoms with Crippen LogP contribution in [0.2, 0.25) is 5.02 Å². The van der Waals surface area contributed by atoms with E-state index in [1.807, 2.05) is 48.6 Å². The molecule has 0 spiro atoms. The number of allylic oxidation sites excluding steroid dienone is 1. The average molecular weight is 479 g/mol. The van der Waals surface area contributed by atoms with Gasteiger partial charge in [0.05, 0.1) is 0 Å². The molecule has 4 rings (SSSR count). The number of hydrogen-bond acceptors (Lipinski definition) is 9. The van der Waals surface area contributed by atoms with Gasteiger partial charge in [-0.3, -0.25) is 0 Å². The van der Waals surface area contributed by atoms with E-state index in [0.29, 0.717) is 29.4 Å². The molecule has 176 valence electrons. The Morgan fingerprint density at radius 2 is 1.74 bits per heavy atom. The maximum atomic E-state index is 9.44. The fraction of sp³-hybridized carbons (Fsp3) is 0.250. The first-order valence-corrected chi connectivity index (χ1v) is 11.5. The van der Waals surface area contributed by atoms with Crippen LogP contribution in [0.15, 0.2) is 59.7 Å². The van der Waals surface area contributed by atoms with Crippen molar-refractivity contribution in [3.05, 3.63) is 70.8 Å². The zero-order valence-electron chi connectivity index (χ0n) is 18.7. The second-order valence-electron chi connectivity index (χ2n) is 7.66. The molecule has 0 saturated carbocycles. The molecule has 1 aliphatic rings. The maximum Gasteiger partial charge on any atom is 0.250 e. The van der Waals surface area contributed by atoms with Gasteiger partial charge in [-0.05, 0) is 47.9 Å². The fourth-order valence-corrected chi connectivity index (χ4v) is 3.47. The third-order valence-corrected chi connectivity index (χ3v) is 5.39. The summed E-state index contributed by atoms with van der Waals surface area (Å²) in [7, 11) is 0. The summed E-state index contributed by atoms with van der Waals surface area (Å²) in [4.78, 5) is 15.7. The molecule has 0 aliphatic carbocycles. The highest BCUT2D eigenvalue weighted by Gasteiger charge is 2.16. The van der Waals surface area contributed by atoms with Crippen LogP contribution in [0.25, 0.3) is 6.08 Å². The highest BCUT2D eigenvalue weighted by molar-refractivity contribution is 6.30. The largest absolute Gasteiger partial charge is 0.508 e. The summed E-state index contributed by atoms with van der Waals surface area (Å²) in [5.41, 5.74) is 5.03. The van der Waals surface area contributed by atoms with Gasteiger partial charge in [0, 0.05) is 44.0 Å². The number of rotatable bonds is 9. The fourth-order valence-electron chi connectivity index (χ4n) is 3.35. The number of nitrogens with zero attached hydrogens (tertiary/aromatic N) is 5. The maximum absolute atomic E-state index is 9.44. The van der Waals surface area contributed by atoms with Crippen LogP contribution in [0.4, 0.5) is 17.8 Å². The van der Waals surface area contributed by atoms with E-state index in [0.717, 1.165) is 43.7 Å². The number of benzene rings is 2. The minimum atomic E-state index is 0.258. The predicted molar refractivity (Wildman–Crippen MR) is 138 cm³/mol. The standard InChI is InChI=1S/C24H27ClN8O/c25-20-7-3-18(4-8-20)2-1-12-28-32-23-29-22(27-13-11-19-5-9-21(34)10-6-19)30-24(31-23)33-16-14-26-15-17-33/h1-10,12,26,34H,11,13-17H2,(H2,27,29,30,31,32)/b2-1+,28-12+. The molecule has 0 atom stereocenters. The van der Waals surface area contributed by atoms with Gasteiger partial charge in [0.2, 0.25) is 17.8 Å². The SMILES string of the molecule is Oc1ccc(CCNc2nc(N/N=C/C=C/c3ccc(Cl)cc3)nc(N3CCNCC3)n2)cc1. The molecule has 1 saturated heterocycles. The van der Waals surface area contributed by atoms with Crippen LogP contribution in [-0.4, -0.2) is 59.0 Å². The average Bonchev–Trinajstić information content (AvgIpc) is 2.87. The number of halogens is 1. The van der Waals surface area contributed by atoms with Crippen LogP contribution < -0.4 is 21.0 Å². The van der Waals surface area contributed by atoms with Crippen molar-refractivity contribution in [3.8, 4) is 5.75 Å². The summed E-state index contributed by atoms with van der Waals surface area (Å²) < 4.78 is 0. The number of aromatic nitrogens is 3. The summed E-state index contributed by atoms with van der Waals surface area (Å²) in [6.45, 7) is 4.05. The lowest BCUT2D eigenvalue weighted by atomic mass is 10.1. The molecule has 2 aromatic carbocycles. The molecule has 1 aliphatic heterocycles. The molecule has 1 fully saturated rings. The van der Waals surface area contributed by atoms with Crippen LogP contribution in [0.1, 0.15) is 11.1 Å². The molecule has 0 unspecified atom stereocenters. The lowest BCUT2D eigenvalue weighted by Crippen LogP contribution is -2.44. The summed E-state index contributed by atoms with van der Waals surface area (Å²) in [6, 6.07) is 14.7. The zero-order chi connectivity index (χ0) is 23.6. The third-order valence-electron chi connectivity index (χ3n) is 5.14. The summed E-state index contributed by atoms with van der Waals surface area (Å²) >= 11 is 5.91. The number of phenols is 1. The van der Waals surface area contributed by atoms with Gasteiger partial charge in [0.1, 0.15) is 5.75 Å². The highest BCUT2D eigenvalue weighted by atomic mass is 35.5. The molecule has 0 radical (unpaired) electrons. The quantitative estimate of drug-likeness (QED) is 0.273. The molecule has 2 heterocycles. The van der Waals surface area contributed by atoms with Gasteiger partial charge in [-0.2, -0.15) is 20.1 Å². The number of aromatic hydroxyl groups is 1. The number of nitrogens with one attached hydrogen (secondary N) is 3. The van der Waals surface area contributed by atoms with Gasteiger partial charge in [0.15, 0.2) is 0 Å². The van der Waals surface area contributed by atoms with E-state index in [4.69, 9.17) is 11.6 Å². The molecular weight excluding hydrogens is 452 g/mol. The summed E-state index contributed by atoms with van der Waals surface area (Å²) in [5, 5.41) is 21.0. The molecule has 1 aromatic heterocycles. The normalized spacial score (nSPS) is 14.1. The number of hydrogen-bond donors (Lipinski definition) is 4. The van der Waals surface area contributed by atoms with E-state index in [9.17, 15) is 5.11 Å². The topological polar surface area (TPSA) is 111 Å². The summed E-state index contributed by atoms with van der Waals surface area (Å²) in [6.07, 6.45) is 6.16. The van der Waals surface area contributed by atoms with E-state index in [1.54, 1.807) is 18.3 Å². The van der Waals surface area contributed by atoms with E-state index < -0.39 is 0 Å². The Morgan fingerprint density at radius 3 is 2.50 bits per heavy atom. The van der Waals surface area contributed by atoms with Crippen molar-refractivity contribution in [2.45, 2.75) is 6.42 Å². The minimum absolute atomic E-state index is 0.258. The molecule has 0 amide bonds. The van der Waals surface area contributed by atoms with Crippen LogP contribution in [0.3, 0.4) is 0 Å². The van der Waals surface area contributed by atoms with E-state index in [-0.39, 0.29) is 5.75 Å². The Hall–Kier alpha value is -3.69. The number of hydrazone groups is 1. The van der Waals surface area contributed by atoms with Crippen LogP contribution >= 0.6 is 11.6 Å². The molecule has 4 N–H and O–H groups in total. The van der Waals surface area contributed by atoms with Crippen LogP contribution in [0.5, 0.6) is 5.75 Å². The van der Waals surface area contributed by atoms with Crippen molar-refractivity contribution in [2.24, 2.45) is 5.10 Å². The first-order valence-electron chi connectivity index (χ1n) is 11.1. The van der Waals surface area contributed by atoms with E-state index in [1.165, 1.54) is 0 Å². The lowest BCUT2D eigenvalue weighted by molar-refractivity contribution is 0.475. The first-order chi connectivity index (χ1) is 16.7. The van der Waals surface area contributed by atoms with Crippen LogP contribution in [-0.2, 0) is 6.42 Å². The van der Waals surface area contributed by atoms with Crippen LogP contribution in [0, 0.1) is 0 Å². The van der Waals surface area contributed by atoms with Crippen molar-refractivity contribution in [1.29, 1.82) is 0 Å². The van der Waals surface area contributed by atoms with Gasteiger partial charge >= 0.3 is 0 Å². The van der Waals surface area contributed by atoms with Crippen molar-refractivity contribution in [1.82, 2.24) is 20.3 Å². The first kappa shape index (κ1) is 23.5. The zero-order valence-corrected chi connectivity index (χ0v) is 19.4. The Kier molecular flexibility index (Phi) is 8.26. The molecule has 9 nitrogen and oxygen atoms in total. The van der Waals surface area contributed by atoms with Crippen molar-refractivity contribution in [3.63, 3.8) is 0 Å². The van der Waals surface area contributed by atoms with Crippen molar-refractivity contribution < 1.29 is 5.11 Å². The lowest BCUT2D eigenvalue weighted by Gasteiger charge is -2.27. The van der Waals surface area contributed by atoms with Gasteiger partial charge in [0.25, 0.3) is 0 Å². The Morgan fingerprint density at radius 1 is 1.00 bits per heavy atom. The van der Waals surface area contributed by atoms with E-state index >= 15 is 0 Å². The summed E-state index contributed by atoms with van der Waals surface area (Å²) in [5.74, 6) is 1.72. The smallest absolute Gasteiger partial charge is 0.250 e. The van der Waals surface area contributed by atoms with Crippen molar-refractivity contribution >= 4 is 41.7 Å². The molecule has 0 bridgehead atoms. The Bertz CT molecular complexity index is 1110. The Labute approximate surface area is 203 Å². The van der Waals surface area contributed by atoms with Gasteiger partial charge in [-0.25, -0.2) is 5.43 Å². The van der Waals surface area contributed by atoms with Gasteiger partial charge < -0.3 is 20.6 Å². The second kappa shape index (κ2) is 12.0.